The van der Waals surface area contributed by atoms with Gasteiger partial charge in [0.1, 0.15) is 5.75 Å². The minimum absolute atomic E-state index is 0.0576. The molecule has 7 nitrogen and oxygen atoms in total. The van der Waals surface area contributed by atoms with Crippen LogP contribution in [0.25, 0.3) is 0 Å². The Morgan fingerprint density at radius 3 is 2.95 bits per heavy atom. The number of hydrogen-bond donors (Lipinski definition) is 2. The van der Waals surface area contributed by atoms with Crippen LogP contribution in [0.2, 0.25) is 0 Å². The van der Waals surface area contributed by atoms with Gasteiger partial charge in [-0.2, -0.15) is 0 Å². The smallest absolute Gasteiger partial charge is 0.258 e. The Morgan fingerprint density at radius 1 is 1.48 bits per heavy atom. The van der Waals surface area contributed by atoms with Crippen molar-refractivity contribution in [2.24, 2.45) is 5.92 Å². The molecule has 2 heterocycles. The monoisotopic (exact) mass is 292 g/mol. The standard InChI is InChI=1S/C14H20N4O3/c1-15-14(20)11-7-18(2)8-12(11)17-13(19)9-21-10-4-3-5-16-6-10/h3-6,11-12H,7-9H2,1-2H3,(H,15,20)(H,17,19)/t11-,12+/m1/s1. The molecule has 1 saturated heterocycles. The SMILES string of the molecule is CNC(=O)[C@@H]1CN(C)C[C@@H]1NC(=O)COc1cccnc1. The van der Waals surface area contributed by atoms with Gasteiger partial charge < -0.3 is 20.3 Å². The summed E-state index contributed by atoms with van der Waals surface area (Å²) in [5.74, 6) is 0.00673. The van der Waals surface area contributed by atoms with Crippen LogP contribution in [-0.2, 0) is 9.59 Å². The Bertz CT molecular complexity index is 494. The Balaban J connectivity index is 1.85. The summed E-state index contributed by atoms with van der Waals surface area (Å²) in [6.07, 6.45) is 3.18. The van der Waals surface area contributed by atoms with Crippen molar-refractivity contribution in [3.8, 4) is 5.75 Å². The summed E-state index contributed by atoms with van der Waals surface area (Å²) in [6, 6.07) is 3.28. The van der Waals surface area contributed by atoms with Crippen LogP contribution in [0.3, 0.4) is 0 Å². The molecule has 2 N–H and O–H groups in total. The van der Waals surface area contributed by atoms with E-state index >= 15 is 0 Å². The molecule has 1 aliphatic rings. The molecular weight excluding hydrogens is 272 g/mol. The summed E-state index contributed by atoms with van der Waals surface area (Å²) in [4.78, 5) is 29.7. The molecule has 21 heavy (non-hydrogen) atoms. The minimum atomic E-state index is -0.243. The van der Waals surface area contributed by atoms with Crippen molar-refractivity contribution < 1.29 is 14.3 Å². The molecule has 2 rings (SSSR count). The van der Waals surface area contributed by atoms with Crippen LogP contribution in [0.15, 0.2) is 24.5 Å². The van der Waals surface area contributed by atoms with Crippen molar-refractivity contribution in [3.63, 3.8) is 0 Å². The number of likely N-dealkylation sites (N-methyl/N-ethyl adjacent to an activating group) is 1. The third-order valence-corrected chi connectivity index (χ3v) is 3.44. The highest BCUT2D eigenvalue weighted by molar-refractivity contribution is 5.82. The quantitative estimate of drug-likeness (QED) is 0.746. The predicted molar refractivity (Wildman–Crippen MR) is 76.7 cm³/mol. The van der Waals surface area contributed by atoms with Crippen molar-refractivity contribution in [1.29, 1.82) is 0 Å². The van der Waals surface area contributed by atoms with E-state index in [2.05, 4.69) is 15.6 Å². The number of hydrogen-bond acceptors (Lipinski definition) is 5. The molecule has 114 valence electrons. The van der Waals surface area contributed by atoms with E-state index in [1.54, 1.807) is 31.6 Å². The van der Waals surface area contributed by atoms with Crippen LogP contribution in [0.4, 0.5) is 0 Å². The van der Waals surface area contributed by atoms with Gasteiger partial charge in [-0.1, -0.05) is 0 Å². The highest BCUT2D eigenvalue weighted by atomic mass is 16.5. The van der Waals surface area contributed by atoms with Crippen LogP contribution >= 0.6 is 0 Å². The zero-order valence-corrected chi connectivity index (χ0v) is 12.2. The number of ether oxygens (including phenoxy) is 1. The lowest BCUT2D eigenvalue weighted by Gasteiger charge is -2.18. The fraction of sp³-hybridized carbons (Fsp3) is 0.500. The average molecular weight is 292 g/mol. The second-order valence-corrected chi connectivity index (χ2v) is 5.09. The first-order valence-electron chi connectivity index (χ1n) is 6.82. The van der Waals surface area contributed by atoms with E-state index in [9.17, 15) is 9.59 Å². The van der Waals surface area contributed by atoms with Gasteiger partial charge in [0.05, 0.1) is 18.2 Å². The summed E-state index contributed by atoms with van der Waals surface area (Å²) < 4.78 is 5.34. The molecule has 0 spiro atoms. The van der Waals surface area contributed by atoms with Crippen LogP contribution < -0.4 is 15.4 Å². The van der Waals surface area contributed by atoms with Gasteiger partial charge in [0.25, 0.3) is 5.91 Å². The van der Waals surface area contributed by atoms with E-state index in [-0.39, 0.29) is 30.4 Å². The number of amides is 2. The molecule has 2 atom stereocenters. The third-order valence-electron chi connectivity index (χ3n) is 3.44. The van der Waals surface area contributed by atoms with Crippen LogP contribution in [0.1, 0.15) is 0 Å². The normalized spacial score (nSPS) is 21.8. The lowest BCUT2D eigenvalue weighted by Crippen LogP contribution is -2.46. The van der Waals surface area contributed by atoms with E-state index in [1.807, 2.05) is 11.9 Å². The van der Waals surface area contributed by atoms with E-state index in [4.69, 9.17) is 4.74 Å². The van der Waals surface area contributed by atoms with Crippen molar-refractivity contribution >= 4 is 11.8 Å². The van der Waals surface area contributed by atoms with Crippen LogP contribution in [-0.4, -0.2) is 61.5 Å². The number of aromatic nitrogens is 1. The summed E-state index contributed by atoms with van der Waals surface area (Å²) >= 11 is 0. The number of likely N-dealkylation sites (tertiary alicyclic amines) is 1. The Labute approximate surface area is 123 Å². The maximum Gasteiger partial charge on any atom is 0.258 e. The molecule has 1 aromatic rings. The molecule has 1 fully saturated rings. The lowest BCUT2D eigenvalue weighted by molar-refractivity contribution is -0.126. The summed E-state index contributed by atoms with van der Waals surface area (Å²) in [7, 11) is 3.53. The first-order valence-corrected chi connectivity index (χ1v) is 6.82. The lowest BCUT2D eigenvalue weighted by atomic mass is 10.0. The number of nitrogens with zero attached hydrogens (tertiary/aromatic N) is 2. The topological polar surface area (TPSA) is 83.6 Å². The number of nitrogens with one attached hydrogen (secondary N) is 2. The van der Waals surface area contributed by atoms with Gasteiger partial charge in [-0.15, -0.1) is 0 Å². The molecule has 0 bridgehead atoms. The van der Waals surface area contributed by atoms with Gasteiger partial charge in [-0.3, -0.25) is 14.6 Å². The molecule has 0 unspecified atom stereocenters. The van der Waals surface area contributed by atoms with E-state index in [0.717, 1.165) is 0 Å². The van der Waals surface area contributed by atoms with E-state index in [0.29, 0.717) is 18.8 Å². The first-order chi connectivity index (χ1) is 10.1. The second-order valence-electron chi connectivity index (χ2n) is 5.09. The van der Waals surface area contributed by atoms with Gasteiger partial charge in [-0.25, -0.2) is 0 Å². The molecule has 1 aliphatic heterocycles. The second kappa shape index (κ2) is 7.03. The molecule has 7 heteroatoms. The molecule has 2 amide bonds. The number of carbonyl (C=O) groups is 2. The molecule has 1 aromatic heterocycles. The van der Waals surface area contributed by atoms with Gasteiger partial charge >= 0.3 is 0 Å². The molecule has 0 aromatic carbocycles. The molecule has 0 saturated carbocycles. The van der Waals surface area contributed by atoms with Crippen molar-refractivity contribution in [2.45, 2.75) is 6.04 Å². The van der Waals surface area contributed by atoms with Crippen molar-refractivity contribution in [2.75, 3.05) is 33.8 Å². The maximum absolute atomic E-state index is 11.9. The summed E-state index contributed by atoms with van der Waals surface area (Å²) in [5.41, 5.74) is 0. The molecule has 0 radical (unpaired) electrons. The minimum Gasteiger partial charge on any atom is -0.482 e. The fourth-order valence-electron chi connectivity index (χ4n) is 2.43. The Kier molecular flexibility index (Phi) is 5.10. The predicted octanol–water partition coefficient (Wildman–Crippen LogP) is -0.747. The van der Waals surface area contributed by atoms with Crippen molar-refractivity contribution in [1.82, 2.24) is 20.5 Å². The third kappa shape index (κ3) is 4.16. The Hall–Kier alpha value is -2.15. The van der Waals surface area contributed by atoms with Crippen LogP contribution in [0.5, 0.6) is 5.75 Å². The fourth-order valence-corrected chi connectivity index (χ4v) is 2.43. The van der Waals surface area contributed by atoms with E-state index in [1.165, 1.54) is 0 Å². The largest absolute Gasteiger partial charge is 0.482 e. The summed E-state index contributed by atoms with van der Waals surface area (Å²) in [6.45, 7) is 1.19. The van der Waals surface area contributed by atoms with Gasteiger partial charge in [0, 0.05) is 26.3 Å². The van der Waals surface area contributed by atoms with E-state index < -0.39 is 0 Å². The number of rotatable bonds is 5. The van der Waals surface area contributed by atoms with Gasteiger partial charge in [0.15, 0.2) is 6.61 Å². The Morgan fingerprint density at radius 2 is 2.29 bits per heavy atom. The molecular formula is C14H20N4O3. The summed E-state index contributed by atoms with van der Waals surface area (Å²) in [5, 5.41) is 5.49. The zero-order chi connectivity index (χ0) is 15.2. The van der Waals surface area contributed by atoms with Gasteiger partial charge in [-0.05, 0) is 19.2 Å². The average Bonchev–Trinajstić information content (AvgIpc) is 2.86. The van der Waals surface area contributed by atoms with Crippen LogP contribution in [0, 0.1) is 5.92 Å². The zero-order valence-electron chi connectivity index (χ0n) is 12.2. The molecule has 0 aliphatic carbocycles. The highest BCUT2D eigenvalue weighted by Crippen LogP contribution is 2.15. The van der Waals surface area contributed by atoms with Gasteiger partial charge in [0.2, 0.25) is 5.91 Å². The maximum atomic E-state index is 11.9. The number of pyridine rings is 1. The van der Waals surface area contributed by atoms with Crippen molar-refractivity contribution in [3.05, 3.63) is 24.5 Å². The highest BCUT2D eigenvalue weighted by Gasteiger charge is 2.36. The number of carbonyl (C=O) groups excluding carboxylic acids is 2. The first kappa shape index (κ1) is 15.2.